The molecule has 0 aliphatic rings. The van der Waals surface area contributed by atoms with Gasteiger partial charge in [-0.15, -0.1) is 0 Å². The first-order valence-corrected chi connectivity index (χ1v) is 8.79. The number of hydrogen-bond acceptors (Lipinski definition) is 5. The van der Waals surface area contributed by atoms with E-state index in [0.717, 1.165) is 0 Å². The van der Waals surface area contributed by atoms with Crippen LogP contribution < -0.4 is 4.72 Å². The van der Waals surface area contributed by atoms with Crippen LogP contribution in [0.15, 0.2) is 23.1 Å². The molecule has 7 heteroatoms. The van der Waals surface area contributed by atoms with E-state index in [0.29, 0.717) is 11.1 Å². The third-order valence-electron chi connectivity index (χ3n) is 3.01. The van der Waals surface area contributed by atoms with Crippen LogP contribution in [-0.2, 0) is 10.0 Å². The lowest BCUT2D eigenvalue weighted by Gasteiger charge is -2.21. The average molecular weight is 314 g/mol. The van der Waals surface area contributed by atoms with E-state index in [-0.39, 0.29) is 16.8 Å². The Bertz CT molecular complexity index is 605. The molecule has 1 aromatic carbocycles. The fraction of sp³-hybridized carbons (Fsp3) is 0.462. The van der Waals surface area contributed by atoms with E-state index in [1.54, 1.807) is 13.8 Å². The van der Waals surface area contributed by atoms with E-state index < -0.39 is 16.1 Å². The molecule has 0 aliphatic carbocycles. The first-order valence-electron chi connectivity index (χ1n) is 6.02. The van der Waals surface area contributed by atoms with Crippen molar-refractivity contribution in [3.63, 3.8) is 0 Å². The second-order valence-corrected chi connectivity index (χ2v) is 7.25. The molecular formula is C13H18N2O3S2. The van der Waals surface area contributed by atoms with Crippen molar-refractivity contribution in [3.8, 4) is 6.07 Å². The molecule has 0 radical (unpaired) electrons. The van der Waals surface area contributed by atoms with Crippen LogP contribution in [-0.4, -0.2) is 37.7 Å². The summed E-state index contributed by atoms with van der Waals surface area (Å²) in [5.74, 6) is 0. The monoisotopic (exact) mass is 314 g/mol. The lowest BCUT2D eigenvalue weighted by molar-refractivity contribution is 0.282. The van der Waals surface area contributed by atoms with Gasteiger partial charge in [-0.05, 0) is 43.9 Å². The summed E-state index contributed by atoms with van der Waals surface area (Å²) in [6.45, 7) is 3.31. The van der Waals surface area contributed by atoms with Crippen molar-refractivity contribution < 1.29 is 13.5 Å². The zero-order chi connectivity index (χ0) is 15.3. The van der Waals surface area contributed by atoms with E-state index in [4.69, 9.17) is 5.26 Å². The van der Waals surface area contributed by atoms with Crippen molar-refractivity contribution in [3.05, 3.63) is 29.3 Å². The lowest BCUT2D eigenvalue weighted by Crippen LogP contribution is -2.41. The lowest BCUT2D eigenvalue weighted by atomic mass is 10.1. The van der Waals surface area contributed by atoms with Gasteiger partial charge in [0.1, 0.15) is 0 Å². The molecule has 0 heterocycles. The minimum absolute atomic E-state index is 0.0999. The van der Waals surface area contributed by atoms with Crippen LogP contribution in [0.3, 0.4) is 0 Å². The first-order chi connectivity index (χ1) is 9.35. The number of hydrogen-bond donors (Lipinski definition) is 2. The molecule has 1 aromatic rings. The quantitative estimate of drug-likeness (QED) is 0.825. The van der Waals surface area contributed by atoms with Gasteiger partial charge in [-0.2, -0.15) is 17.0 Å². The Kier molecular flexibility index (Phi) is 6.02. The Morgan fingerprint density at radius 1 is 1.50 bits per heavy atom. The minimum Gasteiger partial charge on any atom is -0.395 e. The molecule has 2 unspecified atom stereocenters. The molecule has 0 saturated heterocycles. The number of nitrogens with zero attached hydrogens (tertiary/aromatic N) is 1. The molecule has 1 rings (SSSR count). The number of nitrogens with one attached hydrogen (secondary N) is 1. The summed E-state index contributed by atoms with van der Waals surface area (Å²) in [7, 11) is -3.66. The molecule has 110 valence electrons. The largest absolute Gasteiger partial charge is 0.395 e. The number of sulfonamides is 1. The SMILES string of the molecule is CSC(CO)C(C)NS(=O)(=O)c1ccc(C#N)c(C)c1. The van der Waals surface area contributed by atoms with Gasteiger partial charge >= 0.3 is 0 Å². The van der Waals surface area contributed by atoms with Gasteiger partial charge in [0.05, 0.1) is 23.1 Å². The second kappa shape index (κ2) is 7.09. The predicted octanol–water partition coefficient (Wildman–Crippen LogP) is 1.26. The van der Waals surface area contributed by atoms with E-state index in [1.807, 2.05) is 12.3 Å². The molecule has 0 bridgehead atoms. The van der Waals surface area contributed by atoms with Gasteiger partial charge in [0.15, 0.2) is 0 Å². The van der Waals surface area contributed by atoms with Gasteiger partial charge in [-0.1, -0.05) is 0 Å². The Labute approximate surface area is 124 Å². The second-order valence-electron chi connectivity index (χ2n) is 4.46. The van der Waals surface area contributed by atoms with Crippen molar-refractivity contribution in [1.29, 1.82) is 5.26 Å². The summed E-state index contributed by atoms with van der Waals surface area (Å²) in [6.07, 6.45) is 1.82. The Morgan fingerprint density at radius 2 is 2.15 bits per heavy atom. The standard InChI is InChI=1S/C13H18N2O3S2/c1-9-6-12(5-4-11(9)7-14)20(17,18)15-10(2)13(8-16)19-3/h4-6,10,13,15-16H,8H2,1-3H3. The summed E-state index contributed by atoms with van der Waals surface area (Å²) in [4.78, 5) is 0.124. The van der Waals surface area contributed by atoms with Gasteiger partial charge in [0, 0.05) is 11.3 Å². The Hall–Kier alpha value is -1.07. The van der Waals surface area contributed by atoms with Crippen molar-refractivity contribution in [2.24, 2.45) is 0 Å². The molecule has 0 aromatic heterocycles. The van der Waals surface area contributed by atoms with Crippen molar-refractivity contribution in [1.82, 2.24) is 4.72 Å². The zero-order valence-electron chi connectivity index (χ0n) is 11.6. The third kappa shape index (κ3) is 3.96. The van der Waals surface area contributed by atoms with Crippen LogP contribution in [0.2, 0.25) is 0 Å². The van der Waals surface area contributed by atoms with E-state index in [1.165, 1.54) is 30.0 Å². The van der Waals surface area contributed by atoms with Crippen LogP contribution in [0.1, 0.15) is 18.1 Å². The average Bonchev–Trinajstić information content (AvgIpc) is 2.39. The first kappa shape index (κ1) is 17.0. The molecule has 0 saturated carbocycles. The fourth-order valence-corrected chi connectivity index (χ4v) is 3.83. The molecule has 0 spiro atoms. The number of aryl methyl sites for hydroxylation is 1. The smallest absolute Gasteiger partial charge is 0.240 e. The topological polar surface area (TPSA) is 90.2 Å². The highest BCUT2D eigenvalue weighted by Crippen LogP contribution is 2.17. The highest BCUT2D eigenvalue weighted by Gasteiger charge is 2.23. The number of aliphatic hydroxyl groups excluding tert-OH is 1. The Balaban J connectivity index is 3.00. The zero-order valence-corrected chi connectivity index (χ0v) is 13.3. The summed E-state index contributed by atoms with van der Waals surface area (Å²) in [5.41, 5.74) is 1.07. The van der Waals surface area contributed by atoms with E-state index in [2.05, 4.69) is 4.72 Å². The van der Waals surface area contributed by atoms with Gasteiger partial charge in [-0.25, -0.2) is 13.1 Å². The highest BCUT2D eigenvalue weighted by molar-refractivity contribution is 7.99. The molecule has 2 N–H and O–H groups in total. The van der Waals surface area contributed by atoms with E-state index in [9.17, 15) is 13.5 Å². The summed E-state index contributed by atoms with van der Waals surface area (Å²) < 4.78 is 27.0. The third-order valence-corrected chi connectivity index (χ3v) is 5.73. The molecule has 5 nitrogen and oxygen atoms in total. The maximum Gasteiger partial charge on any atom is 0.240 e. The van der Waals surface area contributed by atoms with Gasteiger partial charge in [0.25, 0.3) is 0 Å². The van der Waals surface area contributed by atoms with Crippen LogP contribution >= 0.6 is 11.8 Å². The highest BCUT2D eigenvalue weighted by atomic mass is 32.2. The maximum atomic E-state index is 12.2. The molecule has 2 atom stereocenters. The van der Waals surface area contributed by atoms with E-state index >= 15 is 0 Å². The van der Waals surface area contributed by atoms with Crippen molar-refractivity contribution in [2.45, 2.75) is 30.0 Å². The fourth-order valence-electron chi connectivity index (χ4n) is 1.75. The van der Waals surface area contributed by atoms with Gasteiger partial charge in [-0.3, -0.25) is 0 Å². The summed E-state index contributed by atoms with van der Waals surface area (Å²) in [5, 5.41) is 17.8. The molecule has 20 heavy (non-hydrogen) atoms. The number of aliphatic hydroxyl groups is 1. The van der Waals surface area contributed by atoms with Crippen LogP contribution in [0.25, 0.3) is 0 Å². The predicted molar refractivity (Wildman–Crippen MR) is 80.1 cm³/mol. The molecular weight excluding hydrogens is 296 g/mol. The number of rotatable bonds is 6. The molecule has 0 amide bonds. The normalized spacial score (nSPS) is 14.6. The van der Waals surface area contributed by atoms with Crippen molar-refractivity contribution in [2.75, 3.05) is 12.9 Å². The summed E-state index contributed by atoms with van der Waals surface area (Å²) in [6, 6.07) is 5.98. The number of nitriles is 1. The summed E-state index contributed by atoms with van der Waals surface area (Å²) >= 11 is 1.40. The van der Waals surface area contributed by atoms with Gasteiger partial charge in [0.2, 0.25) is 10.0 Å². The molecule has 0 fully saturated rings. The van der Waals surface area contributed by atoms with Crippen molar-refractivity contribution >= 4 is 21.8 Å². The Morgan fingerprint density at radius 3 is 2.60 bits per heavy atom. The number of benzene rings is 1. The molecule has 0 aliphatic heterocycles. The maximum absolute atomic E-state index is 12.2. The van der Waals surface area contributed by atoms with Crippen LogP contribution in [0.5, 0.6) is 0 Å². The number of thioether (sulfide) groups is 1. The van der Waals surface area contributed by atoms with Crippen LogP contribution in [0.4, 0.5) is 0 Å². The van der Waals surface area contributed by atoms with Gasteiger partial charge < -0.3 is 5.11 Å². The minimum atomic E-state index is -3.66. The van der Waals surface area contributed by atoms with Crippen LogP contribution in [0, 0.1) is 18.3 Å².